The molecule has 1 heterocycles. The summed E-state index contributed by atoms with van der Waals surface area (Å²) in [5.41, 5.74) is 7.94. The summed E-state index contributed by atoms with van der Waals surface area (Å²) in [6, 6.07) is 17.9. The molecule has 0 aliphatic carbocycles. The number of aliphatic hydroxyl groups excluding tert-OH is 1. The van der Waals surface area contributed by atoms with E-state index in [-0.39, 0.29) is 13.0 Å². The molecule has 1 unspecified atom stereocenters. The Labute approximate surface area is 191 Å². The van der Waals surface area contributed by atoms with Gasteiger partial charge in [0.1, 0.15) is 12.4 Å². The molecule has 3 aromatic rings. The van der Waals surface area contributed by atoms with E-state index in [9.17, 15) is 9.90 Å². The summed E-state index contributed by atoms with van der Waals surface area (Å²) in [5, 5.41) is 21.0. The lowest BCUT2D eigenvalue weighted by Crippen LogP contribution is -2.45. The SMILES string of the molecule is NC(CO)(CCCc1ccc(-c2sccc2OCc2ccccc2)cc1Cl)CC(=O)O. The van der Waals surface area contributed by atoms with Gasteiger partial charge in [-0.2, -0.15) is 0 Å². The zero-order chi connectivity index (χ0) is 22.3. The highest BCUT2D eigenvalue weighted by Crippen LogP contribution is 2.38. The van der Waals surface area contributed by atoms with Crippen molar-refractivity contribution < 1.29 is 19.7 Å². The van der Waals surface area contributed by atoms with Crippen LogP contribution in [0.5, 0.6) is 5.75 Å². The molecular formula is C24H26ClNO4S. The van der Waals surface area contributed by atoms with Crippen LogP contribution < -0.4 is 10.5 Å². The Hall–Kier alpha value is -2.38. The van der Waals surface area contributed by atoms with Crippen LogP contribution in [0.2, 0.25) is 5.02 Å². The molecule has 2 aromatic carbocycles. The molecule has 0 spiro atoms. The van der Waals surface area contributed by atoms with Gasteiger partial charge >= 0.3 is 5.97 Å². The molecule has 0 radical (unpaired) electrons. The number of halogens is 1. The fraction of sp³-hybridized carbons (Fsp3) is 0.292. The monoisotopic (exact) mass is 459 g/mol. The number of aryl methyl sites for hydroxylation is 1. The third kappa shape index (κ3) is 6.55. The minimum atomic E-state index is -1.11. The van der Waals surface area contributed by atoms with Crippen LogP contribution in [0, 0.1) is 0 Å². The van der Waals surface area contributed by atoms with Crippen molar-refractivity contribution in [2.45, 2.75) is 37.8 Å². The van der Waals surface area contributed by atoms with Gasteiger partial charge in [-0.3, -0.25) is 4.79 Å². The Morgan fingerprint density at radius 1 is 1.16 bits per heavy atom. The van der Waals surface area contributed by atoms with Gasteiger partial charge in [-0.15, -0.1) is 11.3 Å². The van der Waals surface area contributed by atoms with E-state index >= 15 is 0 Å². The molecule has 0 aliphatic rings. The van der Waals surface area contributed by atoms with Crippen LogP contribution in [-0.2, 0) is 17.8 Å². The van der Waals surface area contributed by atoms with Gasteiger partial charge in [0.05, 0.1) is 17.9 Å². The molecule has 0 amide bonds. The van der Waals surface area contributed by atoms with Crippen molar-refractivity contribution in [3.05, 3.63) is 76.1 Å². The van der Waals surface area contributed by atoms with Gasteiger partial charge < -0.3 is 20.7 Å². The molecule has 164 valence electrons. The first-order chi connectivity index (χ1) is 14.9. The normalized spacial score (nSPS) is 13.0. The third-order valence-electron chi connectivity index (χ3n) is 5.12. The van der Waals surface area contributed by atoms with E-state index in [1.807, 2.05) is 60.0 Å². The highest BCUT2D eigenvalue weighted by atomic mass is 35.5. The molecule has 0 bridgehead atoms. The van der Waals surface area contributed by atoms with Crippen LogP contribution in [0.25, 0.3) is 10.4 Å². The Kier molecular flexibility index (Phi) is 8.09. The fourth-order valence-electron chi connectivity index (χ4n) is 3.40. The van der Waals surface area contributed by atoms with E-state index in [0.717, 1.165) is 27.3 Å². The molecule has 1 atom stereocenters. The minimum Gasteiger partial charge on any atom is -0.487 e. The quantitative estimate of drug-likeness (QED) is 0.369. The number of carboxylic acids is 1. The van der Waals surface area contributed by atoms with Crippen molar-refractivity contribution in [1.82, 2.24) is 0 Å². The largest absolute Gasteiger partial charge is 0.487 e. The molecule has 0 saturated heterocycles. The van der Waals surface area contributed by atoms with Crippen molar-refractivity contribution in [2.75, 3.05) is 6.61 Å². The summed E-state index contributed by atoms with van der Waals surface area (Å²) in [6.07, 6.45) is 1.42. The van der Waals surface area contributed by atoms with Crippen molar-refractivity contribution in [3.8, 4) is 16.2 Å². The maximum Gasteiger partial charge on any atom is 0.305 e. The Morgan fingerprint density at radius 2 is 1.94 bits per heavy atom. The zero-order valence-corrected chi connectivity index (χ0v) is 18.7. The van der Waals surface area contributed by atoms with Crippen molar-refractivity contribution >= 4 is 28.9 Å². The van der Waals surface area contributed by atoms with Crippen LogP contribution >= 0.6 is 22.9 Å². The number of rotatable bonds is 11. The number of benzene rings is 2. The average molecular weight is 460 g/mol. The van der Waals surface area contributed by atoms with E-state index < -0.39 is 11.5 Å². The highest BCUT2D eigenvalue weighted by Gasteiger charge is 2.27. The van der Waals surface area contributed by atoms with Crippen LogP contribution in [0.4, 0.5) is 0 Å². The van der Waals surface area contributed by atoms with Gasteiger partial charge in [-0.05, 0) is 53.5 Å². The number of ether oxygens (including phenoxy) is 1. The molecular weight excluding hydrogens is 434 g/mol. The molecule has 3 rings (SSSR count). The second-order valence-corrected chi connectivity index (χ2v) is 8.96. The van der Waals surface area contributed by atoms with Crippen LogP contribution in [0.15, 0.2) is 60.0 Å². The minimum absolute atomic E-state index is 0.264. The maximum absolute atomic E-state index is 10.9. The number of nitrogens with two attached hydrogens (primary N) is 1. The first-order valence-electron chi connectivity index (χ1n) is 10.0. The first-order valence-corrected chi connectivity index (χ1v) is 11.3. The lowest BCUT2D eigenvalue weighted by atomic mass is 9.90. The van der Waals surface area contributed by atoms with Gasteiger partial charge in [0.25, 0.3) is 0 Å². The van der Waals surface area contributed by atoms with E-state index in [2.05, 4.69) is 0 Å². The van der Waals surface area contributed by atoms with Crippen LogP contribution in [0.3, 0.4) is 0 Å². The van der Waals surface area contributed by atoms with Crippen LogP contribution in [-0.4, -0.2) is 28.3 Å². The Morgan fingerprint density at radius 3 is 2.61 bits per heavy atom. The molecule has 5 nitrogen and oxygen atoms in total. The van der Waals surface area contributed by atoms with Gasteiger partial charge in [0, 0.05) is 10.6 Å². The molecule has 7 heteroatoms. The Bertz CT molecular complexity index is 1010. The van der Waals surface area contributed by atoms with Crippen molar-refractivity contribution in [1.29, 1.82) is 0 Å². The van der Waals surface area contributed by atoms with Crippen LogP contribution in [0.1, 0.15) is 30.4 Å². The second-order valence-electron chi connectivity index (χ2n) is 7.64. The fourth-order valence-corrected chi connectivity index (χ4v) is 4.51. The Balaban J connectivity index is 1.63. The van der Waals surface area contributed by atoms with E-state index in [1.54, 1.807) is 11.3 Å². The number of hydrogen-bond acceptors (Lipinski definition) is 5. The number of carbonyl (C=O) groups is 1. The smallest absolute Gasteiger partial charge is 0.305 e. The molecule has 4 N–H and O–H groups in total. The summed E-state index contributed by atoms with van der Waals surface area (Å²) in [5.74, 6) is -0.192. The summed E-state index contributed by atoms with van der Waals surface area (Å²) in [4.78, 5) is 12.0. The highest BCUT2D eigenvalue weighted by molar-refractivity contribution is 7.14. The average Bonchev–Trinajstić information content (AvgIpc) is 3.22. The number of thiophene rings is 1. The lowest BCUT2D eigenvalue weighted by molar-refractivity contribution is -0.138. The van der Waals surface area contributed by atoms with Gasteiger partial charge in [0.15, 0.2) is 0 Å². The van der Waals surface area contributed by atoms with E-state index in [4.69, 9.17) is 27.2 Å². The number of hydrogen-bond donors (Lipinski definition) is 3. The second kappa shape index (κ2) is 10.8. The van der Waals surface area contributed by atoms with Gasteiger partial charge in [0.2, 0.25) is 0 Å². The number of aliphatic carboxylic acids is 1. The predicted molar refractivity (Wildman–Crippen MR) is 125 cm³/mol. The summed E-state index contributed by atoms with van der Waals surface area (Å²) in [7, 11) is 0. The van der Waals surface area contributed by atoms with Crippen molar-refractivity contribution in [3.63, 3.8) is 0 Å². The number of carboxylic acid groups (broad SMARTS) is 1. The topological polar surface area (TPSA) is 92.8 Å². The summed E-state index contributed by atoms with van der Waals surface area (Å²) < 4.78 is 6.02. The molecule has 31 heavy (non-hydrogen) atoms. The maximum atomic E-state index is 10.9. The molecule has 0 saturated carbocycles. The third-order valence-corrected chi connectivity index (χ3v) is 6.42. The van der Waals surface area contributed by atoms with E-state index in [1.165, 1.54) is 0 Å². The number of aliphatic hydroxyl groups is 1. The summed E-state index contributed by atoms with van der Waals surface area (Å²) in [6.45, 7) is 0.133. The predicted octanol–water partition coefficient (Wildman–Crippen LogP) is 5.13. The zero-order valence-electron chi connectivity index (χ0n) is 17.1. The standard InChI is InChI=1S/C24H26ClNO4S/c25-20-13-19(9-8-18(20)7-4-11-24(26,16-27)14-22(28)29)23-21(10-12-31-23)30-15-17-5-2-1-3-6-17/h1-3,5-6,8-10,12-13,27H,4,7,11,14-16,26H2,(H,28,29). The van der Waals surface area contributed by atoms with Crippen molar-refractivity contribution in [2.24, 2.45) is 5.73 Å². The summed E-state index contributed by atoms with van der Waals surface area (Å²) >= 11 is 8.13. The van der Waals surface area contributed by atoms with Gasteiger partial charge in [-0.1, -0.05) is 54.1 Å². The lowest BCUT2D eigenvalue weighted by Gasteiger charge is -2.25. The molecule has 0 fully saturated rings. The first kappa shape index (κ1) is 23.3. The van der Waals surface area contributed by atoms with E-state index in [0.29, 0.717) is 30.9 Å². The molecule has 1 aromatic heterocycles. The molecule has 0 aliphatic heterocycles. The van der Waals surface area contributed by atoms with Gasteiger partial charge in [-0.25, -0.2) is 0 Å².